The van der Waals surface area contributed by atoms with E-state index in [2.05, 4.69) is 42.2 Å². The fourth-order valence-corrected chi connectivity index (χ4v) is 3.56. The van der Waals surface area contributed by atoms with Crippen molar-refractivity contribution in [3.05, 3.63) is 78.2 Å². The van der Waals surface area contributed by atoms with Crippen molar-refractivity contribution < 1.29 is 34.7 Å². The quantitative estimate of drug-likeness (QED) is 0.145. The fourth-order valence-electron chi connectivity index (χ4n) is 3.56. The number of fused-ring (bicyclic) bond motifs is 4. The number of pyridine rings is 1. The number of aliphatic hydroxyl groups excluding tert-OH is 1. The molecule has 0 aliphatic carbocycles. The predicted molar refractivity (Wildman–Crippen MR) is 115 cm³/mol. The van der Waals surface area contributed by atoms with Crippen molar-refractivity contribution in [3.63, 3.8) is 0 Å². The third kappa shape index (κ3) is 4.13. The van der Waals surface area contributed by atoms with Crippen molar-refractivity contribution in [1.82, 2.24) is 4.98 Å². The number of aliphatic hydroxyl groups is 1. The fraction of sp³-hybridized carbons (Fsp3) is 0.120. The molecule has 0 fully saturated rings. The number of aromatic nitrogens is 1. The average molecular weight is 575 g/mol. The van der Waals surface area contributed by atoms with Gasteiger partial charge in [-0.15, -0.1) is 12.1 Å². The number of hydrogen-bond acceptors (Lipinski definition) is 4. The van der Waals surface area contributed by atoms with Crippen LogP contribution < -0.4 is 4.74 Å². The van der Waals surface area contributed by atoms with Crippen LogP contribution in [0.4, 0.5) is 0 Å². The van der Waals surface area contributed by atoms with Crippen LogP contribution in [-0.2, 0) is 24.9 Å². The van der Waals surface area contributed by atoms with E-state index in [1.807, 2.05) is 30.5 Å². The van der Waals surface area contributed by atoms with E-state index in [9.17, 15) is 4.79 Å². The van der Waals surface area contributed by atoms with Crippen LogP contribution in [0.1, 0.15) is 19.4 Å². The Balaban J connectivity index is 0.000000281. The Hall–Kier alpha value is -3.01. The second-order valence-corrected chi connectivity index (χ2v) is 7.10. The Labute approximate surface area is 188 Å². The summed E-state index contributed by atoms with van der Waals surface area (Å²) in [5.41, 5.74) is 3.09. The van der Waals surface area contributed by atoms with Gasteiger partial charge in [0.1, 0.15) is 5.75 Å². The Morgan fingerprint density at radius 2 is 1.90 bits per heavy atom. The molecular formula is C25H20IrNO3-. The summed E-state index contributed by atoms with van der Waals surface area (Å²) < 4.78 is 6.27. The Bertz CT molecular complexity index is 1290. The van der Waals surface area contributed by atoms with Crippen LogP contribution in [0.15, 0.2) is 66.6 Å². The van der Waals surface area contributed by atoms with E-state index in [-0.39, 0.29) is 31.6 Å². The maximum atomic E-state index is 10.0. The van der Waals surface area contributed by atoms with Crippen molar-refractivity contribution in [2.75, 3.05) is 0 Å². The van der Waals surface area contributed by atoms with Crippen molar-refractivity contribution in [2.45, 2.75) is 20.8 Å². The number of nitrogens with zero attached hydrogens (tertiary/aromatic N) is 1. The minimum absolute atomic E-state index is 0. The third-order valence-corrected chi connectivity index (χ3v) is 4.64. The minimum atomic E-state index is -0.125. The Morgan fingerprint density at radius 1 is 1.13 bits per heavy atom. The summed E-state index contributed by atoms with van der Waals surface area (Å²) in [7, 11) is 0. The zero-order valence-electron chi connectivity index (χ0n) is 16.8. The molecule has 3 aromatic carbocycles. The zero-order chi connectivity index (χ0) is 20.5. The summed E-state index contributed by atoms with van der Waals surface area (Å²) in [4.78, 5) is 14.6. The molecule has 0 unspecified atom stereocenters. The van der Waals surface area contributed by atoms with E-state index in [1.165, 1.54) is 25.5 Å². The van der Waals surface area contributed by atoms with Crippen molar-refractivity contribution in [1.29, 1.82) is 0 Å². The van der Waals surface area contributed by atoms with Gasteiger partial charge in [0.05, 0.1) is 11.5 Å². The van der Waals surface area contributed by atoms with Crippen LogP contribution in [0, 0.1) is 13.0 Å². The first kappa shape index (κ1) is 21.7. The van der Waals surface area contributed by atoms with Gasteiger partial charge in [-0.1, -0.05) is 46.7 Å². The zero-order valence-corrected chi connectivity index (χ0v) is 19.2. The van der Waals surface area contributed by atoms with Gasteiger partial charge in [0.25, 0.3) is 0 Å². The molecule has 0 saturated carbocycles. The number of hydrogen-bond donors (Lipinski definition) is 1. The number of allylic oxidation sites excluding steroid dienone is 2. The van der Waals surface area contributed by atoms with Crippen molar-refractivity contribution >= 4 is 27.3 Å². The molecule has 4 nitrogen and oxygen atoms in total. The standard InChI is InChI=1S/C20H12NO.C5H8O2.Ir/c1-12-10-14-8-9-21-19-16-7-6-13-4-2-3-5-15(13)20(16)22-17(11-12)18(14)19;1-4(6)3-5(2)7;/h2-6,8-11H,1H3;3,6H,1-2H3;/q-1;;/b;4-3-;. The second kappa shape index (κ2) is 8.78. The van der Waals surface area contributed by atoms with Gasteiger partial charge in [0, 0.05) is 43.5 Å². The maximum absolute atomic E-state index is 10.0. The molecule has 1 aliphatic rings. The molecular weight excluding hydrogens is 554 g/mol. The molecule has 2 heterocycles. The molecule has 1 N–H and O–H groups in total. The molecule has 153 valence electrons. The number of benzene rings is 3. The molecule has 5 rings (SSSR count). The monoisotopic (exact) mass is 575 g/mol. The average Bonchev–Trinajstić information content (AvgIpc) is 2.67. The van der Waals surface area contributed by atoms with E-state index in [0.717, 1.165) is 44.3 Å². The number of rotatable bonds is 1. The molecule has 5 heteroatoms. The summed E-state index contributed by atoms with van der Waals surface area (Å²) in [6.45, 7) is 4.94. The first-order chi connectivity index (χ1) is 13.9. The van der Waals surface area contributed by atoms with Gasteiger partial charge >= 0.3 is 0 Å². The number of aryl methyl sites for hydroxylation is 1. The minimum Gasteiger partial charge on any atom is -0.512 e. The van der Waals surface area contributed by atoms with Gasteiger partial charge in [0.2, 0.25) is 0 Å². The SMILES string of the molecule is CC(=O)/C=C(/C)O.Cc1cc2c3c(nccc3c1)-c1[c-]cc3ccccc3c1O2.[Ir]. The topological polar surface area (TPSA) is 59.4 Å². The Morgan fingerprint density at radius 3 is 2.60 bits per heavy atom. The summed E-state index contributed by atoms with van der Waals surface area (Å²) >= 11 is 0. The van der Waals surface area contributed by atoms with Crippen molar-refractivity contribution in [2.24, 2.45) is 0 Å². The molecule has 1 aromatic heterocycles. The maximum Gasteiger partial charge on any atom is 0.155 e. The molecule has 30 heavy (non-hydrogen) atoms. The molecule has 0 amide bonds. The van der Waals surface area contributed by atoms with Crippen LogP contribution in [-0.4, -0.2) is 15.9 Å². The molecule has 1 radical (unpaired) electrons. The molecule has 1 aliphatic heterocycles. The van der Waals surface area contributed by atoms with Crippen LogP contribution in [0.25, 0.3) is 32.8 Å². The molecule has 0 bridgehead atoms. The first-order valence-corrected chi connectivity index (χ1v) is 9.33. The van der Waals surface area contributed by atoms with Crippen LogP contribution in [0.2, 0.25) is 0 Å². The largest absolute Gasteiger partial charge is 0.512 e. The first-order valence-electron chi connectivity index (χ1n) is 9.33. The summed E-state index contributed by atoms with van der Waals surface area (Å²) in [6.07, 6.45) is 3.03. The van der Waals surface area contributed by atoms with Gasteiger partial charge < -0.3 is 14.8 Å². The third-order valence-electron chi connectivity index (χ3n) is 4.64. The van der Waals surface area contributed by atoms with Gasteiger partial charge in [-0.05, 0) is 43.9 Å². The van der Waals surface area contributed by atoms with E-state index in [0.29, 0.717) is 0 Å². The van der Waals surface area contributed by atoms with Crippen molar-refractivity contribution in [3.8, 4) is 22.8 Å². The number of carbonyl (C=O) groups is 1. The number of ether oxygens (including phenoxy) is 1. The molecule has 0 saturated heterocycles. The van der Waals surface area contributed by atoms with Gasteiger partial charge in [-0.25, -0.2) is 0 Å². The summed E-state index contributed by atoms with van der Waals surface area (Å²) in [5.74, 6) is 1.68. The molecule has 4 aromatic rings. The number of carbonyl (C=O) groups excluding carboxylic acids is 1. The summed E-state index contributed by atoms with van der Waals surface area (Å²) in [6, 6.07) is 19.9. The second-order valence-electron chi connectivity index (χ2n) is 7.10. The van der Waals surface area contributed by atoms with Crippen LogP contribution >= 0.6 is 0 Å². The van der Waals surface area contributed by atoms with Gasteiger partial charge in [0.15, 0.2) is 5.78 Å². The number of ketones is 1. The smallest absolute Gasteiger partial charge is 0.155 e. The van der Waals surface area contributed by atoms with E-state index >= 15 is 0 Å². The Kier molecular flexibility index (Phi) is 6.35. The normalized spacial score (nSPS) is 11.6. The molecule has 0 spiro atoms. The van der Waals surface area contributed by atoms with Crippen LogP contribution in [0.3, 0.4) is 0 Å². The van der Waals surface area contributed by atoms with Crippen LogP contribution in [0.5, 0.6) is 11.5 Å². The van der Waals surface area contributed by atoms with E-state index in [4.69, 9.17) is 9.84 Å². The predicted octanol–water partition coefficient (Wildman–Crippen LogP) is 6.30. The van der Waals surface area contributed by atoms with Gasteiger partial charge in [-0.3, -0.25) is 4.79 Å². The van der Waals surface area contributed by atoms with E-state index in [1.54, 1.807) is 0 Å². The van der Waals surface area contributed by atoms with Gasteiger partial charge in [-0.2, -0.15) is 0 Å². The summed E-state index contributed by atoms with van der Waals surface area (Å²) in [5, 5.41) is 12.8. The van der Waals surface area contributed by atoms with E-state index < -0.39 is 0 Å². The molecule has 0 atom stereocenters.